The number of hydrogen-bond donors (Lipinski definition) is 0. The summed E-state index contributed by atoms with van der Waals surface area (Å²) in [6, 6.07) is 22.2. The van der Waals surface area contributed by atoms with E-state index in [9.17, 15) is 13.2 Å². The number of benzene rings is 3. The van der Waals surface area contributed by atoms with Crippen molar-refractivity contribution >= 4 is 49.2 Å². The van der Waals surface area contributed by atoms with E-state index in [1.165, 1.54) is 6.08 Å². The van der Waals surface area contributed by atoms with Crippen molar-refractivity contribution in [1.82, 2.24) is 0 Å². The summed E-state index contributed by atoms with van der Waals surface area (Å²) in [6.45, 7) is 0. The van der Waals surface area contributed by atoms with Gasteiger partial charge in [0, 0.05) is 15.1 Å². The Morgan fingerprint density at radius 2 is 1.50 bits per heavy atom. The van der Waals surface area contributed by atoms with Gasteiger partial charge in [-0.2, -0.15) is 0 Å². The van der Waals surface area contributed by atoms with Gasteiger partial charge in [-0.25, -0.2) is 8.42 Å². The maximum atomic E-state index is 13.2. The average molecular weight is 476 g/mol. The first-order valence-corrected chi connectivity index (χ1v) is 11.2. The molecule has 0 heterocycles. The molecule has 0 atom stereocenters. The second-order valence-electron chi connectivity index (χ2n) is 6.11. The molecule has 0 saturated heterocycles. The van der Waals surface area contributed by atoms with Crippen LogP contribution in [0.2, 0.25) is 5.02 Å². The Hall–Kier alpha value is -2.21. The zero-order valence-corrected chi connectivity index (χ0v) is 17.8. The summed E-state index contributed by atoms with van der Waals surface area (Å²) in [5, 5.41) is 0.374. The predicted octanol–water partition coefficient (Wildman–Crippen LogP) is 5.94. The molecular formula is C22H16BrClO3S. The van der Waals surface area contributed by atoms with Crippen LogP contribution in [0, 0.1) is 0 Å². The van der Waals surface area contributed by atoms with Gasteiger partial charge in [-0.1, -0.05) is 76.1 Å². The van der Waals surface area contributed by atoms with Crippen LogP contribution in [0.25, 0.3) is 6.08 Å². The van der Waals surface area contributed by atoms with Crippen molar-refractivity contribution < 1.29 is 13.2 Å². The predicted molar refractivity (Wildman–Crippen MR) is 117 cm³/mol. The highest BCUT2D eigenvalue weighted by atomic mass is 79.9. The molecule has 0 radical (unpaired) electrons. The highest BCUT2D eigenvalue weighted by molar-refractivity contribution is 9.10. The molecule has 0 aromatic heterocycles. The summed E-state index contributed by atoms with van der Waals surface area (Å²) in [6.07, 6.45) is 1.35. The van der Waals surface area contributed by atoms with Crippen molar-refractivity contribution in [2.75, 3.05) is 0 Å². The number of halogens is 2. The fourth-order valence-electron chi connectivity index (χ4n) is 2.64. The van der Waals surface area contributed by atoms with E-state index in [2.05, 4.69) is 15.9 Å². The monoisotopic (exact) mass is 474 g/mol. The van der Waals surface area contributed by atoms with Crippen LogP contribution in [0.4, 0.5) is 0 Å². The van der Waals surface area contributed by atoms with Crippen LogP contribution in [0.3, 0.4) is 0 Å². The Kier molecular flexibility index (Phi) is 6.50. The summed E-state index contributed by atoms with van der Waals surface area (Å²) in [7, 11) is -3.91. The summed E-state index contributed by atoms with van der Waals surface area (Å²) in [4.78, 5) is 12.8. The van der Waals surface area contributed by atoms with E-state index in [0.717, 1.165) is 4.47 Å². The fraction of sp³-hybridized carbons (Fsp3) is 0.0455. The second-order valence-corrected chi connectivity index (χ2v) is 9.39. The normalized spacial score (nSPS) is 12.0. The number of hydrogen-bond acceptors (Lipinski definition) is 3. The van der Waals surface area contributed by atoms with Crippen molar-refractivity contribution in [1.29, 1.82) is 0 Å². The SMILES string of the molecule is O=C(/C(=C\c1ccccc1Cl)S(=O)(=O)Cc1ccccc1)c1ccc(Br)cc1. The van der Waals surface area contributed by atoms with Gasteiger partial charge in [0.25, 0.3) is 0 Å². The van der Waals surface area contributed by atoms with Gasteiger partial charge in [0.1, 0.15) is 4.91 Å². The van der Waals surface area contributed by atoms with Crippen LogP contribution in [0.1, 0.15) is 21.5 Å². The van der Waals surface area contributed by atoms with E-state index in [0.29, 0.717) is 16.1 Å². The Labute approximate surface area is 177 Å². The Morgan fingerprint density at radius 3 is 2.14 bits per heavy atom. The largest absolute Gasteiger partial charge is 0.288 e. The Bertz CT molecular complexity index is 1120. The molecule has 6 heteroatoms. The molecule has 0 fully saturated rings. The topological polar surface area (TPSA) is 51.2 Å². The average Bonchev–Trinajstić information content (AvgIpc) is 2.68. The van der Waals surface area contributed by atoms with E-state index >= 15 is 0 Å². The minimum absolute atomic E-state index is 0.271. The summed E-state index contributed by atoms with van der Waals surface area (Å²) >= 11 is 9.51. The molecule has 0 aliphatic carbocycles. The minimum atomic E-state index is -3.91. The van der Waals surface area contributed by atoms with Gasteiger partial charge in [-0.15, -0.1) is 0 Å². The lowest BCUT2D eigenvalue weighted by atomic mass is 10.1. The molecule has 142 valence electrons. The number of rotatable bonds is 6. The molecule has 3 aromatic rings. The first-order valence-electron chi connectivity index (χ1n) is 8.40. The number of carbonyl (C=O) groups excluding carboxylic acids is 1. The van der Waals surface area contributed by atoms with Gasteiger partial charge < -0.3 is 0 Å². The van der Waals surface area contributed by atoms with E-state index in [1.807, 2.05) is 6.07 Å². The number of sulfone groups is 1. The first kappa shape index (κ1) is 20.5. The summed E-state index contributed by atoms with van der Waals surface area (Å²) in [5.74, 6) is -0.838. The maximum Gasteiger partial charge on any atom is 0.204 e. The van der Waals surface area contributed by atoms with Crippen molar-refractivity contribution in [3.05, 3.63) is 110 Å². The van der Waals surface area contributed by atoms with Crippen LogP contribution in [-0.2, 0) is 15.6 Å². The van der Waals surface area contributed by atoms with Crippen LogP contribution < -0.4 is 0 Å². The summed E-state index contributed by atoms with van der Waals surface area (Å²) < 4.78 is 27.1. The van der Waals surface area contributed by atoms with Crippen molar-refractivity contribution in [2.24, 2.45) is 0 Å². The molecule has 0 N–H and O–H groups in total. The van der Waals surface area contributed by atoms with Gasteiger partial charge in [0.05, 0.1) is 5.75 Å². The lowest BCUT2D eigenvalue weighted by Crippen LogP contribution is -2.16. The molecule has 3 nitrogen and oxygen atoms in total. The third-order valence-corrected chi connectivity index (χ3v) is 6.62. The van der Waals surface area contributed by atoms with E-state index in [-0.39, 0.29) is 16.2 Å². The number of ketones is 1. The number of Topliss-reactive ketones (excluding diaryl/α,β-unsaturated/α-hetero) is 1. The minimum Gasteiger partial charge on any atom is -0.288 e. The first-order chi connectivity index (χ1) is 13.4. The van der Waals surface area contributed by atoms with Gasteiger partial charge in [0.15, 0.2) is 9.84 Å². The van der Waals surface area contributed by atoms with Crippen LogP contribution in [0.5, 0.6) is 0 Å². The highest BCUT2D eigenvalue weighted by Crippen LogP contribution is 2.26. The molecule has 0 amide bonds. The Balaban J connectivity index is 2.10. The van der Waals surface area contributed by atoms with E-state index < -0.39 is 15.6 Å². The van der Waals surface area contributed by atoms with Gasteiger partial charge in [-0.05, 0) is 47.5 Å². The summed E-state index contributed by atoms with van der Waals surface area (Å²) in [5.41, 5.74) is 1.37. The molecule has 28 heavy (non-hydrogen) atoms. The zero-order chi connectivity index (χ0) is 20.1. The molecule has 3 aromatic carbocycles. The van der Waals surface area contributed by atoms with Crippen LogP contribution >= 0.6 is 27.5 Å². The van der Waals surface area contributed by atoms with Gasteiger partial charge in [0.2, 0.25) is 5.78 Å². The number of allylic oxidation sites excluding steroid dienone is 1. The number of carbonyl (C=O) groups is 1. The Morgan fingerprint density at radius 1 is 0.893 bits per heavy atom. The molecule has 0 saturated carbocycles. The molecule has 0 aliphatic heterocycles. The molecule has 0 bridgehead atoms. The van der Waals surface area contributed by atoms with Crippen LogP contribution in [-0.4, -0.2) is 14.2 Å². The lowest BCUT2D eigenvalue weighted by molar-refractivity contribution is 0.104. The lowest BCUT2D eigenvalue weighted by Gasteiger charge is -2.10. The van der Waals surface area contributed by atoms with Crippen molar-refractivity contribution in [3.63, 3.8) is 0 Å². The standard InChI is InChI=1S/C22H16BrClO3S/c23-19-12-10-17(11-13-19)22(25)21(14-18-8-4-5-9-20(18)24)28(26,27)15-16-6-2-1-3-7-16/h1-14H,15H2/b21-14+. The molecule has 3 rings (SSSR count). The molecule has 0 unspecified atom stereocenters. The fourth-order valence-corrected chi connectivity index (χ4v) is 4.59. The third-order valence-electron chi connectivity index (χ3n) is 4.06. The third kappa shape index (κ3) is 4.98. The second kappa shape index (κ2) is 8.86. The smallest absolute Gasteiger partial charge is 0.204 e. The quantitative estimate of drug-likeness (QED) is 0.327. The van der Waals surface area contributed by atoms with Crippen LogP contribution in [0.15, 0.2) is 88.2 Å². The molecule has 0 spiro atoms. The van der Waals surface area contributed by atoms with Crippen molar-refractivity contribution in [3.8, 4) is 0 Å². The van der Waals surface area contributed by atoms with E-state index in [4.69, 9.17) is 11.6 Å². The van der Waals surface area contributed by atoms with Gasteiger partial charge >= 0.3 is 0 Å². The van der Waals surface area contributed by atoms with Gasteiger partial charge in [-0.3, -0.25) is 4.79 Å². The zero-order valence-electron chi connectivity index (χ0n) is 14.7. The van der Waals surface area contributed by atoms with Crippen molar-refractivity contribution in [2.45, 2.75) is 5.75 Å². The highest BCUT2D eigenvalue weighted by Gasteiger charge is 2.26. The maximum absolute atomic E-state index is 13.2. The molecular weight excluding hydrogens is 460 g/mol. The van der Waals surface area contributed by atoms with E-state index in [1.54, 1.807) is 72.8 Å². The molecule has 0 aliphatic rings.